The van der Waals surface area contributed by atoms with Crippen molar-refractivity contribution in [2.45, 2.75) is 26.2 Å². The van der Waals surface area contributed by atoms with Gasteiger partial charge in [0.25, 0.3) is 0 Å². The van der Waals surface area contributed by atoms with Crippen LogP contribution in [0.5, 0.6) is 5.88 Å². The molecule has 6 heteroatoms. The van der Waals surface area contributed by atoms with Gasteiger partial charge in [-0.15, -0.1) is 0 Å². The number of aromatic nitrogens is 2. The van der Waals surface area contributed by atoms with Crippen LogP contribution >= 0.6 is 0 Å². The van der Waals surface area contributed by atoms with Crippen molar-refractivity contribution in [1.29, 1.82) is 0 Å². The number of ether oxygens (including phenoxy) is 2. The SMILES string of the molecule is CCCOc1cncc(N2CCC(C(=O)OC)CC2)n1. The summed E-state index contributed by atoms with van der Waals surface area (Å²) in [5.74, 6) is 1.25. The smallest absolute Gasteiger partial charge is 0.308 e. The molecule has 110 valence electrons. The van der Waals surface area contributed by atoms with Crippen molar-refractivity contribution >= 4 is 11.8 Å². The Bertz CT molecular complexity index is 445. The predicted molar refractivity (Wildman–Crippen MR) is 74.8 cm³/mol. The van der Waals surface area contributed by atoms with Gasteiger partial charge in [-0.1, -0.05) is 6.92 Å². The molecule has 1 saturated heterocycles. The Morgan fingerprint density at radius 1 is 1.40 bits per heavy atom. The van der Waals surface area contributed by atoms with Crippen molar-refractivity contribution in [3.8, 4) is 5.88 Å². The molecule has 0 radical (unpaired) electrons. The van der Waals surface area contributed by atoms with Gasteiger partial charge < -0.3 is 14.4 Å². The Labute approximate surface area is 119 Å². The second kappa shape index (κ2) is 7.07. The van der Waals surface area contributed by atoms with Gasteiger partial charge in [-0.25, -0.2) is 0 Å². The monoisotopic (exact) mass is 279 g/mol. The van der Waals surface area contributed by atoms with Crippen LogP contribution in [0.3, 0.4) is 0 Å². The first-order chi connectivity index (χ1) is 9.74. The topological polar surface area (TPSA) is 64.5 Å². The van der Waals surface area contributed by atoms with E-state index in [-0.39, 0.29) is 11.9 Å². The van der Waals surface area contributed by atoms with E-state index in [1.54, 1.807) is 12.4 Å². The maximum absolute atomic E-state index is 11.5. The standard InChI is InChI=1S/C14H21N3O3/c1-3-8-20-13-10-15-9-12(16-13)17-6-4-11(5-7-17)14(18)19-2/h9-11H,3-8H2,1-2H3. The van der Waals surface area contributed by atoms with E-state index in [4.69, 9.17) is 9.47 Å². The highest BCUT2D eigenvalue weighted by atomic mass is 16.5. The summed E-state index contributed by atoms with van der Waals surface area (Å²) >= 11 is 0. The van der Waals surface area contributed by atoms with Crippen LogP contribution in [0.15, 0.2) is 12.4 Å². The van der Waals surface area contributed by atoms with Gasteiger partial charge in [-0.05, 0) is 19.3 Å². The van der Waals surface area contributed by atoms with Gasteiger partial charge in [0.2, 0.25) is 5.88 Å². The highest BCUT2D eigenvalue weighted by Gasteiger charge is 2.26. The van der Waals surface area contributed by atoms with Crippen molar-refractivity contribution in [2.24, 2.45) is 5.92 Å². The Kier molecular flexibility index (Phi) is 5.15. The molecule has 0 spiro atoms. The average Bonchev–Trinajstić information content (AvgIpc) is 2.52. The Hall–Kier alpha value is -1.85. The average molecular weight is 279 g/mol. The number of hydrogen-bond acceptors (Lipinski definition) is 6. The van der Waals surface area contributed by atoms with Gasteiger partial charge in [-0.2, -0.15) is 4.98 Å². The Balaban J connectivity index is 1.94. The van der Waals surface area contributed by atoms with Crippen molar-refractivity contribution in [3.63, 3.8) is 0 Å². The molecule has 0 aromatic carbocycles. The summed E-state index contributed by atoms with van der Waals surface area (Å²) in [6, 6.07) is 0. The molecule has 1 aliphatic heterocycles. The lowest BCUT2D eigenvalue weighted by Crippen LogP contribution is -2.37. The third-order valence-electron chi connectivity index (χ3n) is 3.41. The van der Waals surface area contributed by atoms with E-state index in [0.717, 1.165) is 38.2 Å². The number of carbonyl (C=O) groups is 1. The van der Waals surface area contributed by atoms with E-state index >= 15 is 0 Å². The molecule has 0 unspecified atom stereocenters. The minimum atomic E-state index is -0.115. The van der Waals surface area contributed by atoms with E-state index in [9.17, 15) is 4.79 Å². The molecular formula is C14H21N3O3. The van der Waals surface area contributed by atoms with Crippen LogP contribution in [-0.4, -0.2) is 42.7 Å². The molecule has 0 N–H and O–H groups in total. The minimum absolute atomic E-state index is 0.00346. The lowest BCUT2D eigenvalue weighted by atomic mass is 9.97. The summed E-state index contributed by atoms with van der Waals surface area (Å²) in [6.07, 6.45) is 5.87. The van der Waals surface area contributed by atoms with Gasteiger partial charge in [0, 0.05) is 13.1 Å². The third-order valence-corrected chi connectivity index (χ3v) is 3.41. The summed E-state index contributed by atoms with van der Waals surface area (Å²) in [5, 5.41) is 0. The first-order valence-corrected chi connectivity index (χ1v) is 7.02. The zero-order chi connectivity index (χ0) is 14.4. The highest BCUT2D eigenvalue weighted by Crippen LogP contribution is 2.23. The second-order valence-corrected chi connectivity index (χ2v) is 4.85. The molecule has 0 saturated carbocycles. The Morgan fingerprint density at radius 2 is 2.15 bits per heavy atom. The number of esters is 1. The number of rotatable bonds is 5. The first-order valence-electron chi connectivity index (χ1n) is 7.02. The molecule has 6 nitrogen and oxygen atoms in total. The van der Waals surface area contributed by atoms with Gasteiger partial charge in [0.1, 0.15) is 0 Å². The number of anilines is 1. The van der Waals surface area contributed by atoms with Crippen LogP contribution in [-0.2, 0) is 9.53 Å². The molecule has 0 atom stereocenters. The second-order valence-electron chi connectivity index (χ2n) is 4.85. The molecule has 0 bridgehead atoms. The summed E-state index contributed by atoms with van der Waals surface area (Å²) in [7, 11) is 1.44. The molecular weight excluding hydrogens is 258 g/mol. The maximum atomic E-state index is 11.5. The van der Waals surface area contributed by atoms with Crippen LogP contribution in [0.25, 0.3) is 0 Å². The largest absolute Gasteiger partial charge is 0.477 e. The van der Waals surface area contributed by atoms with Gasteiger partial charge >= 0.3 is 5.97 Å². The molecule has 2 heterocycles. The lowest BCUT2D eigenvalue weighted by Gasteiger charge is -2.31. The third kappa shape index (κ3) is 3.59. The van der Waals surface area contributed by atoms with E-state index in [1.807, 2.05) is 0 Å². The van der Waals surface area contributed by atoms with Gasteiger partial charge in [0.05, 0.1) is 32.0 Å². The minimum Gasteiger partial charge on any atom is -0.477 e. The number of carbonyl (C=O) groups excluding carboxylic acids is 1. The fraction of sp³-hybridized carbons (Fsp3) is 0.643. The molecule has 2 rings (SSSR count). The van der Waals surface area contributed by atoms with Crippen LogP contribution in [0.4, 0.5) is 5.82 Å². The summed E-state index contributed by atoms with van der Waals surface area (Å²) in [4.78, 5) is 22.2. The van der Waals surface area contributed by atoms with Crippen molar-refractivity contribution in [2.75, 3.05) is 31.7 Å². The molecule has 20 heavy (non-hydrogen) atoms. The fourth-order valence-electron chi connectivity index (χ4n) is 2.28. The number of hydrogen-bond donors (Lipinski definition) is 0. The highest BCUT2D eigenvalue weighted by molar-refractivity contribution is 5.72. The van der Waals surface area contributed by atoms with Crippen LogP contribution < -0.4 is 9.64 Å². The molecule has 1 aliphatic rings. The fourth-order valence-corrected chi connectivity index (χ4v) is 2.28. The zero-order valence-corrected chi connectivity index (χ0v) is 12.0. The van der Waals surface area contributed by atoms with E-state index in [2.05, 4.69) is 21.8 Å². The molecule has 0 amide bonds. The Morgan fingerprint density at radius 3 is 2.80 bits per heavy atom. The number of piperidine rings is 1. The molecule has 1 aromatic rings. The van der Waals surface area contributed by atoms with Crippen molar-refractivity contribution < 1.29 is 14.3 Å². The van der Waals surface area contributed by atoms with Crippen LogP contribution in [0.2, 0.25) is 0 Å². The zero-order valence-electron chi connectivity index (χ0n) is 12.0. The quantitative estimate of drug-likeness (QED) is 0.764. The molecule has 1 aromatic heterocycles. The van der Waals surface area contributed by atoms with Crippen molar-refractivity contribution in [1.82, 2.24) is 9.97 Å². The molecule has 0 aliphatic carbocycles. The van der Waals surface area contributed by atoms with Gasteiger partial charge in [0.15, 0.2) is 5.82 Å². The summed E-state index contributed by atoms with van der Waals surface area (Å²) in [6.45, 7) is 4.26. The van der Waals surface area contributed by atoms with Crippen LogP contribution in [0.1, 0.15) is 26.2 Å². The summed E-state index contributed by atoms with van der Waals surface area (Å²) in [5.41, 5.74) is 0. The maximum Gasteiger partial charge on any atom is 0.308 e. The van der Waals surface area contributed by atoms with Gasteiger partial charge in [-0.3, -0.25) is 9.78 Å². The van der Waals surface area contributed by atoms with E-state index in [0.29, 0.717) is 12.5 Å². The lowest BCUT2D eigenvalue weighted by molar-refractivity contribution is -0.146. The number of methoxy groups -OCH3 is 1. The number of nitrogens with zero attached hydrogens (tertiary/aromatic N) is 3. The predicted octanol–water partition coefficient (Wildman–Crippen LogP) is 1.65. The van der Waals surface area contributed by atoms with E-state index in [1.165, 1.54) is 7.11 Å². The van der Waals surface area contributed by atoms with E-state index < -0.39 is 0 Å². The van der Waals surface area contributed by atoms with Crippen LogP contribution in [0, 0.1) is 5.92 Å². The first kappa shape index (κ1) is 14.6. The molecule has 1 fully saturated rings. The normalized spacial score (nSPS) is 16.0. The van der Waals surface area contributed by atoms with Crippen molar-refractivity contribution in [3.05, 3.63) is 12.4 Å². The summed E-state index contributed by atoms with van der Waals surface area (Å²) < 4.78 is 10.3.